The highest BCUT2D eigenvalue weighted by Gasteiger charge is 2.49. The van der Waals surface area contributed by atoms with E-state index in [1.807, 2.05) is 0 Å². The van der Waals surface area contributed by atoms with Gasteiger partial charge in [-0.25, -0.2) is 0 Å². The summed E-state index contributed by atoms with van der Waals surface area (Å²) in [7, 11) is 1.79. The topological polar surface area (TPSA) is 48.1 Å². The zero-order chi connectivity index (χ0) is 24.7. The van der Waals surface area contributed by atoms with E-state index in [1.54, 1.807) is 16.3 Å². The number of rotatable bonds is 6. The van der Waals surface area contributed by atoms with Gasteiger partial charge in [-0.15, -0.1) is 9.24 Å². The van der Waals surface area contributed by atoms with Crippen LogP contribution >= 0.6 is 17.2 Å². The van der Waals surface area contributed by atoms with Gasteiger partial charge in [-0.1, -0.05) is 80.4 Å². The van der Waals surface area contributed by atoms with Crippen molar-refractivity contribution in [3.05, 3.63) is 22.4 Å². The van der Waals surface area contributed by atoms with Gasteiger partial charge < -0.3 is 21.3 Å². The Hall–Kier alpha value is 0.397. The van der Waals surface area contributed by atoms with Gasteiger partial charge in [-0.3, -0.25) is 0 Å². The Balaban J connectivity index is 2.11. The molecule has 4 nitrogen and oxygen atoms in total. The summed E-state index contributed by atoms with van der Waals surface area (Å²) in [5, 5.41) is 17.8. The van der Waals surface area contributed by atoms with Crippen molar-refractivity contribution in [1.29, 1.82) is 0 Å². The molecule has 7 heteroatoms. The first-order valence-corrected chi connectivity index (χ1v) is 18.7. The lowest BCUT2D eigenvalue weighted by atomic mass is 9.86. The highest BCUT2D eigenvalue weighted by molar-refractivity contribution is 7.61. The van der Waals surface area contributed by atoms with Crippen LogP contribution in [0.1, 0.15) is 60.8 Å². The maximum absolute atomic E-state index is 3.87. The van der Waals surface area contributed by atoms with Crippen molar-refractivity contribution < 1.29 is 0 Å². The third-order valence-corrected chi connectivity index (χ3v) is 14.8. The van der Waals surface area contributed by atoms with Gasteiger partial charge in [-0.2, -0.15) is 0 Å². The maximum Gasteiger partial charge on any atom is 0.0732 e. The first-order chi connectivity index (χ1) is 15.1. The van der Waals surface area contributed by atoms with Crippen molar-refractivity contribution in [2.45, 2.75) is 108 Å². The molecule has 0 saturated carbocycles. The molecule has 0 spiro atoms. The molecule has 0 aromatic rings. The molecule has 1 unspecified atom stereocenters. The summed E-state index contributed by atoms with van der Waals surface area (Å²) in [6.45, 7) is 26.7. The van der Waals surface area contributed by atoms with Gasteiger partial charge in [0.2, 0.25) is 0 Å². The number of allylic oxidation sites excluding steroid dienone is 3. The van der Waals surface area contributed by atoms with E-state index in [4.69, 9.17) is 0 Å². The molecule has 2 fully saturated rings. The largest absolute Gasteiger partial charge is 0.301 e. The molecule has 33 heavy (non-hydrogen) atoms. The molecule has 0 radical (unpaired) electrons. The van der Waals surface area contributed by atoms with E-state index in [9.17, 15) is 0 Å². The number of hydrogen-bond donors (Lipinski definition) is 4. The van der Waals surface area contributed by atoms with E-state index in [0.29, 0.717) is 10.3 Å². The highest BCUT2D eigenvalue weighted by atomic mass is 31.1. The minimum Gasteiger partial charge on any atom is -0.301 e. The van der Waals surface area contributed by atoms with Gasteiger partial charge in [0, 0.05) is 0 Å². The minimum atomic E-state index is -1.39. The molecular weight excluding hydrogens is 458 g/mol. The molecule has 3 aliphatic rings. The average Bonchev–Trinajstić information content (AvgIpc) is 3.16. The lowest BCUT2D eigenvalue weighted by molar-refractivity contribution is 0.227. The first-order valence-electron chi connectivity index (χ1n) is 13.1. The van der Waals surface area contributed by atoms with Crippen LogP contribution in [0.5, 0.6) is 0 Å². The molecule has 0 aromatic heterocycles. The van der Waals surface area contributed by atoms with Gasteiger partial charge in [0.25, 0.3) is 0 Å². The predicted molar refractivity (Wildman–Crippen MR) is 156 cm³/mol. The van der Waals surface area contributed by atoms with Gasteiger partial charge in [-0.05, 0) is 73.1 Å². The number of nitrogens with one attached hydrogen (secondary N) is 4. The molecule has 2 aliphatic heterocycles. The van der Waals surface area contributed by atoms with Crippen molar-refractivity contribution in [3.8, 4) is 0 Å². The second kappa shape index (κ2) is 10.4. The maximum atomic E-state index is 3.87. The SMILES string of the molecule is CC(C)(C)P(CC1=C(C(P)(C2NCCCN2)C2NCCCN2)CC([Si](C)(C)C)=C1)C(C)(C)C. The number of hydrogen-bond acceptors (Lipinski definition) is 4. The Morgan fingerprint density at radius 3 is 1.64 bits per heavy atom. The fourth-order valence-electron chi connectivity index (χ4n) is 5.85. The third kappa shape index (κ3) is 6.40. The highest BCUT2D eigenvalue weighted by Crippen LogP contribution is 2.61. The lowest BCUT2D eigenvalue weighted by Gasteiger charge is -2.50. The summed E-state index contributed by atoms with van der Waals surface area (Å²) < 4.78 is 0. The summed E-state index contributed by atoms with van der Waals surface area (Å²) in [6, 6.07) is 0. The van der Waals surface area contributed by atoms with Gasteiger partial charge >= 0.3 is 0 Å². The van der Waals surface area contributed by atoms with E-state index in [2.05, 4.69) is 97.8 Å². The smallest absolute Gasteiger partial charge is 0.0732 e. The monoisotopic (exact) mass is 510 g/mol. The van der Waals surface area contributed by atoms with Gasteiger partial charge in [0.05, 0.1) is 25.6 Å². The summed E-state index contributed by atoms with van der Waals surface area (Å²) in [4.78, 5) is 0. The normalized spacial score (nSPS) is 22.9. The zero-order valence-corrected chi connectivity index (χ0v) is 26.0. The van der Waals surface area contributed by atoms with Crippen LogP contribution in [0.4, 0.5) is 0 Å². The first kappa shape index (κ1) is 28.0. The Morgan fingerprint density at radius 2 is 1.27 bits per heavy atom. The van der Waals surface area contributed by atoms with Crippen LogP contribution in [0, 0.1) is 0 Å². The average molecular weight is 511 g/mol. The van der Waals surface area contributed by atoms with Crippen molar-refractivity contribution in [2.75, 3.05) is 32.3 Å². The van der Waals surface area contributed by atoms with E-state index < -0.39 is 8.07 Å². The van der Waals surface area contributed by atoms with E-state index in [1.165, 1.54) is 19.0 Å². The Bertz CT molecular complexity index is 714. The van der Waals surface area contributed by atoms with E-state index in [-0.39, 0.29) is 25.4 Å². The fraction of sp³-hybridized carbons (Fsp3) is 0.846. The van der Waals surface area contributed by atoms with Gasteiger partial charge in [0.1, 0.15) is 0 Å². The molecule has 0 amide bonds. The second-order valence-electron chi connectivity index (χ2n) is 13.4. The molecule has 190 valence electrons. The fourth-order valence-corrected chi connectivity index (χ4v) is 11.5. The molecule has 0 bridgehead atoms. The van der Waals surface area contributed by atoms with Gasteiger partial charge in [0.15, 0.2) is 0 Å². The Morgan fingerprint density at radius 1 is 0.848 bits per heavy atom. The third-order valence-electron chi connectivity index (χ3n) is 7.59. The molecule has 2 heterocycles. The summed E-state index contributed by atoms with van der Waals surface area (Å²) in [5.74, 6) is 0. The van der Waals surface area contributed by atoms with Crippen LogP contribution in [-0.2, 0) is 0 Å². The summed E-state index contributed by atoms with van der Waals surface area (Å²) >= 11 is 0. The Kier molecular flexibility index (Phi) is 8.82. The van der Waals surface area contributed by atoms with Crippen molar-refractivity contribution in [2.24, 2.45) is 0 Å². The molecular formula is C26H52N4P2Si. The Labute approximate surface area is 209 Å². The zero-order valence-electron chi connectivity index (χ0n) is 22.9. The second-order valence-corrected chi connectivity index (χ2v) is 23.3. The van der Waals surface area contributed by atoms with E-state index in [0.717, 1.165) is 32.6 Å². The standard InChI is InChI=1S/C26H52N4P2Si/c1-24(2,3)32(25(4,5)6)18-19-16-20(33(7,8)9)17-21(19)26(31,22-27-12-10-13-28-22)23-29-14-11-15-30-23/h16,22-23,27-30H,10-15,17-18,31H2,1-9H3. The molecule has 3 rings (SSSR count). The summed E-state index contributed by atoms with van der Waals surface area (Å²) in [5.41, 5.74) is 3.30. The van der Waals surface area contributed by atoms with Crippen LogP contribution in [0.3, 0.4) is 0 Å². The molecule has 1 atom stereocenters. The van der Waals surface area contributed by atoms with E-state index >= 15 is 0 Å². The van der Waals surface area contributed by atoms with Crippen LogP contribution in [-0.4, -0.2) is 68.2 Å². The lowest BCUT2D eigenvalue weighted by Crippen LogP contribution is -2.71. The van der Waals surface area contributed by atoms with Crippen molar-refractivity contribution in [1.82, 2.24) is 21.3 Å². The molecule has 4 N–H and O–H groups in total. The summed E-state index contributed by atoms with van der Waals surface area (Å²) in [6.07, 6.45) is 7.95. The predicted octanol–water partition coefficient (Wildman–Crippen LogP) is 5.00. The van der Waals surface area contributed by atoms with Crippen LogP contribution in [0.25, 0.3) is 0 Å². The molecule has 2 saturated heterocycles. The van der Waals surface area contributed by atoms with Crippen LogP contribution < -0.4 is 21.3 Å². The van der Waals surface area contributed by atoms with Crippen molar-refractivity contribution >= 4 is 25.2 Å². The van der Waals surface area contributed by atoms with Crippen LogP contribution in [0.2, 0.25) is 19.6 Å². The van der Waals surface area contributed by atoms with Crippen LogP contribution in [0.15, 0.2) is 22.4 Å². The van der Waals surface area contributed by atoms with Crippen molar-refractivity contribution in [3.63, 3.8) is 0 Å². The minimum absolute atomic E-state index is 0.0924. The quantitative estimate of drug-likeness (QED) is 0.300. The molecule has 1 aliphatic carbocycles. The molecule has 0 aromatic carbocycles.